The van der Waals surface area contributed by atoms with E-state index in [-0.39, 0.29) is 5.54 Å². The quantitative estimate of drug-likeness (QED) is 0.738. The molecule has 0 aliphatic heterocycles. The van der Waals surface area contributed by atoms with E-state index in [1.807, 2.05) is 0 Å². The number of hydrogen-bond donors (Lipinski definition) is 1. The summed E-state index contributed by atoms with van der Waals surface area (Å²) in [6.07, 6.45) is 4.64. The summed E-state index contributed by atoms with van der Waals surface area (Å²) >= 11 is 0. The number of hydrogen-bond acceptors (Lipinski definition) is 2. The molecule has 2 heteroatoms. The Morgan fingerprint density at radius 3 is 2.16 bits per heavy atom. The van der Waals surface area contributed by atoms with Gasteiger partial charge in [0.2, 0.25) is 0 Å². The zero-order valence-electron chi connectivity index (χ0n) is 12.9. The number of benzene rings is 1. The number of nitrogens with two attached hydrogens (primary N) is 1. The maximum absolute atomic E-state index is 6.05. The van der Waals surface area contributed by atoms with E-state index in [1.54, 1.807) is 0 Å². The number of rotatable bonds is 9. The zero-order chi connectivity index (χ0) is 14.1. The Kier molecular flexibility index (Phi) is 7.11. The van der Waals surface area contributed by atoms with E-state index in [9.17, 15) is 0 Å². The van der Waals surface area contributed by atoms with E-state index < -0.39 is 0 Å². The first kappa shape index (κ1) is 16.2. The lowest BCUT2D eigenvalue weighted by molar-refractivity contribution is 0.0895. The number of likely N-dealkylation sites (N-methyl/N-ethyl adjacent to an activating group) is 1. The fourth-order valence-electron chi connectivity index (χ4n) is 2.96. The zero-order valence-corrected chi connectivity index (χ0v) is 12.9. The van der Waals surface area contributed by atoms with Gasteiger partial charge in [-0.25, -0.2) is 0 Å². The van der Waals surface area contributed by atoms with Gasteiger partial charge in [0.25, 0.3) is 0 Å². The number of aryl methyl sites for hydroxylation is 1. The third-order valence-electron chi connectivity index (χ3n) is 4.49. The van der Waals surface area contributed by atoms with Crippen LogP contribution >= 0.6 is 0 Å². The van der Waals surface area contributed by atoms with Crippen LogP contribution in [0.4, 0.5) is 0 Å². The van der Waals surface area contributed by atoms with Gasteiger partial charge < -0.3 is 5.73 Å². The van der Waals surface area contributed by atoms with Crippen LogP contribution in [-0.2, 0) is 6.42 Å². The summed E-state index contributed by atoms with van der Waals surface area (Å²) in [7, 11) is 0. The molecule has 0 spiro atoms. The lowest BCUT2D eigenvalue weighted by atomic mass is 9.90. The molecule has 0 unspecified atom stereocenters. The van der Waals surface area contributed by atoms with Crippen LogP contribution in [0.2, 0.25) is 0 Å². The first-order valence-electron chi connectivity index (χ1n) is 7.71. The predicted octanol–water partition coefficient (Wildman–Crippen LogP) is 3.46. The van der Waals surface area contributed by atoms with E-state index in [0.29, 0.717) is 0 Å². The average Bonchev–Trinajstić information content (AvgIpc) is 2.48. The molecule has 2 nitrogen and oxygen atoms in total. The smallest absolute Gasteiger partial charge is 0.0326 e. The molecule has 0 amide bonds. The molecular weight excluding hydrogens is 232 g/mol. The lowest BCUT2D eigenvalue weighted by Crippen LogP contribution is -2.53. The van der Waals surface area contributed by atoms with E-state index >= 15 is 0 Å². The minimum absolute atomic E-state index is 0.200. The van der Waals surface area contributed by atoms with Crippen molar-refractivity contribution >= 4 is 0 Å². The van der Waals surface area contributed by atoms with Gasteiger partial charge >= 0.3 is 0 Å². The van der Waals surface area contributed by atoms with E-state index in [4.69, 9.17) is 5.73 Å². The van der Waals surface area contributed by atoms with Crippen LogP contribution < -0.4 is 5.73 Å². The van der Waals surface area contributed by atoms with Crippen LogP contribution in [0.3, 0.4) is 0 Å². The molecule has 0 aliphatic carbocycles. The normalized spacial score (nSPS) is 12.1. The second kappa shape index (κ2) is 8.34. The molecule has 0 aromatic heterocycles. The van der Waals surface area contributed by atoms with Crippen LogP contribution in [0.5, 0.6) is 0 Å². The van der Waals surface area contributed by atoms with Gasteiger partial charge in [0, 0.05) is 12.1 Å². The molecule has 0 bridgehead atoms. The third kappa shape index (κ3) is 4.32. The summed E-state index contributed by atoms with van der Waals surface area (Å²) in [5, 5.41) is 0. The van der Waals surface area contributed by atoms with Crippen molar-refractivity contribution in [2.45, 2.75) is 52.0 Å². The molecule has 0 heterocycles. The molecule has 1 aromatic rings. The van der Waals surface area contributed by atoms with Gasteiger partial charge in [-0.15, -0.1) is 0 Å². The standard InChI is InChI=1S/C17H30N2/c1-4-17(5-2,15-18)19(6-3)14-10-13-16-11-8-7-9-12-16/h7-9,11-12H,4-6,10,13-15,18H2,1-3H3. The van der Waals surface area contributed by atoms with Gasteiger partial charge in [-0.3, -0.25) is 4.90 Å². The van der Waals surface area contributed by atoms with Crippen LogP contribution in [-0.4, -0.2) is 30.1 Å². The summed E-state index contributed by atoms with van der Waals surface area (Å²) in [5.41, 5.74) is 7.68. The Bertz CT molecular complexity index is 322. The van der Waals surface area contributed by atoms with Crippen molar-refractivity contribution in [2.24, 2.45) is 5.73 Å². The van der Waals surface area contributed by atoms with Gasteiger partial charge in [0.1, 0.15) is 0 Å². The van der Waals surface area contributed by atoms with Gasteiger partial charge in [0.05, 0.1) is 0 Å². The highest BCUT2D eigenvalue weighted by molar-refractivity contribution is 5.14. The molecule has 1 aromatic carbocycles. The summed E-state index contributed by atoms with van der Waals surface area (Å²) in [6.45, 7) is 9.77. The number of nitrogens with zero attached hydrogens (tertiary/aromatic N) is 1. The molecule has 0 atom stereocenters. The fourth-order valence-corrected chi connectivity index (χ4v) is 2.96. The van der Waals surface area contributed by atoms with Crippen molar-refractivity contribution in [3.8, 4) is 0 Å². The van der Waals surface area contributed by atoms with Gasteiger partial charge in [-0.2, -0.15) is 0 Å². The summed E-state index contributed by atoms with van der Waals surface area (Å²) in [4.78, 5) is 2.58. The second-order valence-electron chi connectivity index (χ2n) is 5.30. The Labute approximate surface area is 119 Å². The maximum atomic E-state index is 6.05. The molecule has 0 aliphatic rings. The topological polar surface area (TPSA) is 29.3 Å². The first-order valence-corrected chi connectivity index (χ1v) is 7.71. The largest absolute Gasteiger partial charge is 0.329 e. The molecular formula is C17H30N2. The second-order valence-corrected chi connectivity index (χ2v) is 5.30. The first-order chi connectivity index (χ1) is 9.22. The average molecular weight is 262 g/mol. The molecule has 1 rings (SSSR count). The van der Waals surface area contributed by atoms with E-state index in [0.717, 1.165) is 38.9 Å². The summed E-state index contributed by atoms with van der Waals surface area (Å²) < 4.78 is 0. The molecule has 19 heavy (non-hydrogen) atoms. The van der Waals surface area contributed by atoms with Crippen molar-refractivity contribution in [1.82, 2.24) is 4.90 Å². The molecule has 0 saturated heterocycles. The third-order valence-corrected chi connectivity index (χ3v) is 4.49. The maximum Gasteiger partial charge on any atom is 0.0326 e. The molecule has 0 saturated carbocycles. The minimum atomic E-state index is 0.200. The highest BCUT2D eigenvalue weighted by atomic mass is 15.2. The Morgan fingerprint density at radius 1 is 1.05 bits per heavy atom. The van der Waals surface area contributed by atoms with Crippen molar-refractivity contribution < 1.29 is 0 Å². The van der Waals surface area contributed by atoms with Crippen LogP contribution in [0.25, 0.3) is 0 Å². The van der Waals surface area contributed by atoms with Crippen molar-refractivity contribution in [1.29, 1.82) is 0 Å². The van der Waals surface area contributed by atoms with Gasteiger partial charge in [-0.05, 0) is 44.3 Å². The van der Waals surface area contributed by atoms with E-state index in [1.165, 1.54) is 12.0 Å². The molecule has 0 radical (unpaired) electrons. The van der Waals surface area contributed by atoms with Crippen molar-refractivity contribution in [3.05, 3.63) is 35.9 Å². The molecule has 108 valence electrons. The van der Waals surface area contributed by atoms with Crippen molar-refractivity contribution in [2.75, 3.05) is 19.6 Å². The van der Waals surface area contributed by atoms with Gasteiger partial charge in [-0.1, -0.05) is 51.1 Å². The van der Waals surface area contributed by atoms with Crippen LogP contribution in [0.15, 0.2) is 30.3 Å². The Balaban J connectivity index is 2.52. The SMILES string of the molecule is CCN(CCCc1ccccc1)C(CC)(CC)CN. The monoisotopic (exact) mass is 262 g/mol. The highest BCUT2D eigenvalue weighted by Gasteiger charge is 2.30. The summed E-state index contributed by atoms with van der Waals surface area (Å²) in [5.74, 6) is 0. The Morgan fingerprint density at radius 2 is 1.68 bits per heavy atom. The molecule has 0 fully saturated rings. The fraction of sp³-hybridized carbons (Fsp3) is 0.647. The van der Waals surface area contributed by atoms with Crippen LogP contribution in [0, 0.1) is 0 Å². The highest BCUT2D eigenvalue weighted by Crippen LogP contribution is 2.23. The lowest BCUT2D eigenvalue weighted by Gasteiger charge is -2.42. The molecule has 2 N–H and O–H groups in total. The summed E-state index contributed by atoms with van der Waals surface area (Å²) in [6, 6.07) is 10.7. The van der Waals surface area contributed by atoms with Crippen molar-refractivity contribution in [3.63, 3.8) is 0 Å². The van der Waals surface area contributed by atoms with Gasteiger partial charge in [0.15, 0.2) is 0 Å². The Hall–Kier alpha value is -0.860. The van der Waals surface area contributed by atoms with E-state index in [2.05, 4.69) is 56.0 Å². The van der Waals surface area contributed by atoms with Crippen LogP contribution in [0.1, 0.15) is 45.6 Å². The minimum Gasteiger partial charge on any atom is -0.329 e. The predicted molar refractivity (Wildman–Crippen MR) is 84.4 cm³/mol.